The zero-order valence-electron chi connectivity index (χ0n) is 19.4. The Kier molecular flexibility index (Phi) is 28.2. The molecule has 0 saturated heterocycles. The molecule has 0 aliphatic heterocycles. The van der Waals surface area contributed by atoms with Crippen LogP contribution in [-0.2, 0) is 0 Å². The predicted octanol–water partition coefficient (Wildman–Crippen LogP) is 5.05. The Morgan fingerprint density at radius 3 is 1.74 bits per heavy atom. The number of nitrogens with zero attached hydrogens (tertiary/aromatic N) is 2. The summed E-state index contributed by atoms with van der Waals surface area (Å²) in [6.07, 6.45) is 9.75. The smallest absolute Gasteiger partial charge is 0.116 e. The number of likely N-dealkylation sites (N-methyl/N-ethyl adjacent to an activating group) is 1. The summed E-state index contributed by atoms with van der Waals surface area (Å²) in [7, 11) is 3.86. The van der Waals surface area contributed by atoms with E-state index in [0.717, 1.165) is 16.8 Å². The van der Waals surface area contributed by atoms with Crippen molar-refractivity contribution in [2.45, 2.75) is 61.8 Å². The molecule has 0 saturated carbocycles. The highest BCUT2D eigenvalue weighted by Gasteiger charge is 2.11. The lowest BCUT2D eigenvalue weighted by molar-refractivity contribution is 0.524. The van der Waals surface area contributed by atoms with Crippen LogP contribution in [0.15, 0.2) is 64.9 Å². The van der Waals surface area contributed by atoms with Gasteiger partial charge in [0.1, 0.15) is 5.82 Å². The maximum absolute atomic E-state index is 5.76. The maximum Gasteiger partial charge on any atom is 0.116 e. The van der Waals surface area contributed by atoms with E-state index in [2.05, 4.69) is 25.4 Å². The normalized spacial score (nSPS) is 12.1. The lowest BCUT2D eigenvalue weighted by Crippen LogP contribution is -2.15. The zero-order valence-corrected chi connectivity index (χ0v) is 19.4. The first-order chi connectivity index (χ1) is 12.8. The lowest BCUT2D eigenvalue weighted by atomic mass is 10.00. The SMILES string of the molecule is C=C(N)/N=C(\C=C/C)C(=C/N)/C(C)=C(/C=C\N)N(C)C.CC.CC.CCC. The van der Waals surface area contributed by atoms with Crippen LogP contribution in [0.3, 0.4) is 0 Å². The number of aliphatic imine (C=N–C) groups is 1. The molecule has 0 unspecified atom stereocenters. The summed E-state index contributed by atoms with van der Waals surface area (Å²) in [5, 5.41) is 0. The van der Waals surface area contributed by atoms with Gasteiger partial charge in [-0.3, -0.25) is 0 Å². The molecular weight excluding hydrogens is 334 g/mol. The van der Waals surface area contributed by atoms with Gasteiger partial charge in [0.05, 0.1) is 5.71 Å². The summed E-state index contributed by atoms with van der Waals surface area (Å²) < 4.78 is 0. The van der Waals surface area contributed by atoms with Gasteiger partial charge in [-0.15, -0.1) is 0 Å². The van der Waals surface area contributed by atoms with Crippen LogP contribution < -0.4 is 17.2 Å². The highest BCUT2D eigenvalue weighted by atomic mass is 15.1. The van der Waals surface area contributed by atoms with Gasteiger partial charge in [0.15, 0.2) is 0 Å². The Hall–Kier alpha value is -2.43. The Bertz CT molecular complexity index is 507. The minimum atomic E-state index is 0.228. The number of hydrogen-bond donors (Lipinski definition) is 3. The van der Waals surface area contributed by atoms with Crippen molar-refractivity contribution in [2.75, 3.05) is 14.1 Å². The zero-order chi connectivity index (χ0) is 22.4. The molecule has 0 aromatic heterocycles. The summed E-state index contributed by atoms with van der Waals surface area (Å²) in [4.78, 5) is 6.17. The molecule has 0 atom stereocenters. The maximum atomic E-state index is 5.76. The second-order valence-corrected chi connectivity index (χ2v) is 5.04. The van der Waals surface area contributed by atoms with Crippen LogP contribution in [0, 0.1) is 0 Å². The third kappa shape index (κ3) is 16.8. The molecule has 27 heavy (non-hydrogen) atoms. The van der Waals surface area contributed by atoms with Crippen molar-refractivity contribution < 1.29 is 0 Å². The van der Waals surface area contributed by atoms with Gasteiger partial charge in [-0.05, 0) is 37.8 Å². The van der Waals surface area contributed by atoms with Gasteiger partial charge in [-0.25, -0.2) is 4.99 Å². The minimum Gasteiger partial charge on any atom is -0.405 e. The Morgan fingerprint density at radius 2 is 1.48 bits per heavy atom. The topological polar surface area (TPSA) is 93.7 Å². The Balaban J connectivity index is -0.000000331. The summed E-state index contributed by atoms with van der Waals surface area (Å²) in [6, 6.07) is 0. The van der Waals surface area contributed by atoms with Gasteiger partial charge in [0.2, 0.25) is 0 Å². The molecule has 0 rings (SSSR count). The number of nitrogens with two attached hydrogens (primary N) is 3. The number of rotatable bonds is 6. The van der Waals surface area contributed by atoms with Crippen molar-refractivity contribution in [1.29, 1.82) is 0 Å². The molecular formula is C22H45N5. The van der Waals surface area contributed by atoms with Crippen molar-refractivity contribution in [2.24, 2.45) is 22.2 Å². The average molecular weight is 380 g/mol. The van der Waals surface area contributed by atoms with Crippen LogP contribution in [0.2, 0.25) is 0 Å². The van der Waals surface area contributed by atoms with Crippen molar-refractivity contribution in [3.8, 4) is 0 Å². The largest absolute Gasteiger partial charge is 0.405 e. The highest BCUT2D eigenvalue weighted by Crippen LogP contribution is 2.19. The Morgan fingerprint density at radius 1 is 1.04 bits per heavy atom. The molecule has 0 amide bonds. The first-order valence-corrected chi connectivity index (χ1v) is 9.65. The summed E-state index contributed by atoms with van der Waals surface area (Å²) in [5.41, 5.74) is 20.1. The average Bonchev–Trinajstić information content (AvgIpc) is 2.63. The molecule has 158 valence electrons. The fourth-order valence-corrected chi connectivity index (χ4v) is 1.74. The van der Waals surface area contributed by atoms with Gasteiger partial charge in [0, 0.05) is 31.6 Å². The molecule has 5 nitrogen and oxygen atoms in total. The van der Waals surface area contributed by atoms with Crippen LogP contribution >= 0.6 is 0 Å². The molecule has 0 aromatic carbocycles. The molecule has 0 radical (unpaired) electrons. The van der Waals surface area contributed by atoms with E-state index >= 15 is 0 Å². The third-order valence-electron chi connectivity index (χ3n) is 2.56. The van der Waals surface area contributed by atoms with Crippen LogP contribution in [-0.4, -0.2) is 24.7 Å². The van der Waals surface area contributed by atoms with Gasteiger partial charge in [-0.1, -0.05) is 60.6 Å². The van der Waals surface area contributed by atoms with E-state index in [4.69, 9.17) is 17.2 Å². The van der Waals surface area contributed by atoms with Gasteiger partial charge < -0.3 is 22.1 Å². The van der Waals surface area contributed by atoms with Crippen LogP contribution in [0.25, 0.3) is 0 Å². The monoisotopic (exact) mass is 379 g/mol. The van der Waals surface area contributed by atoms with E-state index in [1.54, 1.807) is 0 Å². The van der Waals surface area contributed by atoms with Crippen molar-refractivity contribution >= 4 is 5.71 Å². The molecule has 0 fully saturated rings. The van der Waals surface area contributed by atoms with Crippen molar-refractivity contribution in [1.82, 2.24) is 4.90 Å². The third-order valence-corrected chi connectivity index (χ3v) is 2.56. The van der Waals surface area contributed by atoms with E-state index in [1.165, 1.54) is 18.8 Å². The van der Waals surface area contributed by atoms with E-state index in [9.17, 15) is 0 Å². The van der Waals surface area contributed by atoms with Gasteiger partial charge >= 0.3 is 0 Å². The molecule has 6 N–H and O–H groups in total. The van der Waals surface area contributed by atoms with Crippen LogP contribution in [0.4, 0.5) is 0 Å². The first-order valence-electron chi connectivity index (χ1n) is 9.65. The summed E-state index contributed by atoms with van der Waals surface area (Å²) >= 11 is 0. The van der Waals surface area contributed by atoms with Gasteiger partial charge in [-0.2, -0.15) is 0 Å². The standard InChI is InChI=1S/C15H25N5.C3H8.2C2H6/c1-6-7-14(19-12(3)18)13(10-17)11(2)15(8-9-16)20(4)5;1-3-2;2*1-2/h6-10H,3,16-18H2,1-2,4-5H3;3H2,1-2H3;2*1-2H3/b7-6-,9-8-,13-10+,15-11-,19-14+;;;. The van der Waals surface area contributed by atoms with Crippen molar-refractivity contribution in [3.05, 3.63) is 59.9 Å². The molecule has 0 bridgehead atoms. The number of allylic oxidation sites excluding steroid dienone is 5. The van der Waals surface area contributed by atoms with Crippen LogP contribution in [0.5, 0.6) is 0 Å². The van der Waals surface area contributed by atoms with Gasteiger partial charge in [0.25, 0.3) is 0 Å². The molecule has 0 spiro atoms. The fourth-order valence-electron chi connectivity index (χ4n) is 1.74. The highest BCUT2D eigenvalue weighted by molar-refractivity contribution is 6.11. The van der Waals surface area contributed by atoms with Crippen LogP contribution in [0.1, 0.15) is 61.8 Å². The molecule has 0 aliphatic carbocycles. The van der Waals surface area contributed by atoms with E-state index < -0.39 is 0 Å². The quantitative estimate of drug-likeness (QED) is 0.444. The molecule has 0 heterocycles. The minimum absolute atomic E-state index is 0.228. The predicted molar refractivity (Wildman–Crippen MR) is 126 cm³/mol. The fraction of sp³-hybridized carbons (Fsp3) is 0.500. The molecule has 0 aromatic rings. The molecule has 5 heteroatoms. The second kappa shape index (κ2) is 23.6. The van der Waals surface area contributed by atoms with E-state index in [1.807, 2.05) is 78.8 Å². The summed E-state index contributed by atoms with van der Waals surface area (Å²) in [5.74, 6) is 0.228. The lowest BCUT2D eigenvalue weighted by Gasteiger charge is -2.19. The number of hydrogen-bond acceptors (Lipinski definition) is 5. The van der Waals surface area contributed by atoms with E-state index in [0.29, 0.717) is 5.71 Å². The van der Waals surface area contributed by atoms with Crippen molar-refractivity contribution in [3.63, 3.8) is 0 Å². The molecule has 0 aliphatic rings. The van der Waals surface area contributed by atoms with E-state index in [-0.39, 0.29) is 5.82 Å². The summed E-state index contributed by atoms with van der Waals surface area (Å²) in [6.45, 7) is 19.7. The first kappa shape index (κ1) is 32.3. The second-order valence-electron chi connectivity index (χ2n) is 5.04. The Labute approximate surface area is 169 Å².